The zero-order chi connectivity index (χ0) is 14.7. The first kappa shape index (κ1) is 14.4. The molecule has 1 aromatic heterocycles. The van der Waals surface area contributed by atoms with Crippen LogP contribution < -0.4 is 11.1 Å². The van der Waals surface area contributed by atoms with E-state index in [0.29, 0.717) is 10.6 Å². The molecule has 0 radical (unpaired) electrons. The highest BCUT2D eigenvalue weighted by Crippen LogP contribution is 2.26. The Labute approximate surface area is 124 Å². The van der Waals surface area contributed by atoms with Crippen LogP contribution in [-0.2, 0) is 4.79 Å². The number of nitrogens with one attached hydrogen (secondary N) is 1. The molecule has 0 aliphatic heterocycles. The number of carbonyl (C=O) groups excluding carboxylic acids is 1. The number of anilines is 1. The summed E-state index contributed by atoms with van der Waals surface area (Å²) in [6, 6.07) is 7.14. The second-order valence-corrected chi connectivity index (χ2v) is 5.38. The monoisotopic (exact) mass is 310 g/mol. The molecule has 0 saturated heterocycles. The van der Waals surface area contributed by atoms with Gasteiger partial charge in [-0.25, -0.2) is 4.79 Å². The Morgan fingerprint density at radius 3 is 2.60 bits per heavy atom. The maximum atomic E-state index is 11.3. The van der Waals surface area contributed by atoms with Gasteiger partial charge in [-0.1, -0.05) is 17.7 Å². The summed E-state index contributed by atoms with van der Waals surface area (Å²) in [7, 11) is 0. The first-order valence-corrected chi connectivity index (χ1v) is 6.87. The second kappa shape index (κ2) is 5.94. The van der Waals surface area contributed by atoms with Gasteiger partial charge in [0.05, 0.1) is 10.6 Å². The van der Waals surface area contributed by atoms with Crippen molar-refractivity contribution in [2.45, 2.75) is 6.04 Å². The summed E-state index contributed by atoms with van der Waals surface area (Å²) < 4.78 is 0. The summed E-state index contributed by atoms with van der Waals surface area (Å²) in [4.78, 5) is 23.0. The van der Waals surface area contributed by atoms with E-state index in [0.717, 1.165) is 0 Å². The van der Waals surface area contributed by atoms with Gasteiger partial charge < -0.3 is 16.2 Å². The summed E-state index contributed by atoms with van der Waals surface area (Å²) in [6.07, 6.45) is 0. The quantitative estimate of drug-likeness (QED) is 0.791. The number of rotatable bonds is 5. The van der Waals surface area contributed by atoms with Crippen LogP contribution in [0.15, 0.2) is 35.7 Å². The maximum absolute atomic E-state index is 11.3. The molecule has 0 aliphatic carbocycles. The van der Waals surface area contributed by atoms with Gasteiger partial charge in [0.25, 0.3) is 0 Å². The molecule has 104 valence electrons. The average molecular weight is 311 g/mol. The Bertz CT molecular complexity index is 643. The molecule has 0 bridgehead atoms. The number of carboxylic acid groups (broad SMARTS) is 1. The molecule has 1 heterocycles. The molecule has 7 heteroatoms. The fourth-order valence-electron chi connectivity index (χ4n) is 1.68. The van der Waals surface area contributed by atoms with E-state index in [9.17, 15) is 14.7 Å². The van der Waals surface area contributed by atoms with Crippen LogP contribution >= 0.6 is 22.9 Å². The highest BCUT2D eigenvalue weighted by Gasteiger charge is 2.21. The maximum Gasteiger partial charge on any atom is 0.331 e. The fraction of sp³-hybridized carbons (Fsp3) is 0.0769. The molecule has 0 aliphatic rings. The van der Waals surface area contributed by atoms with E-state index in [2.05, 4.69) is 5.32 Å². The van der Waals surface area contributed by atoms with Crippen molar-refractivity contribution in [2.75, 3.05) is 5.32 Å². The van der Waals surface area contributed by atoms with Gasteiger partial charge in [-0.3, -0.25) is 4.79 Å². The van der Waals surface area contributed by atoms with Crippen molar-refractivity contribution in [1.29, 1.82) is 0 Å². The number of hydrogen-bond donors (Lipinski definition) is 3. The van der Waals surface area contributed by atoms with Gasteiger partial charge in [0.1, 0.15) is 0 Å². The molecule has 0 fully saturated rings. The predicted molar refractivity (Wildman–Crippen MR) is 78.3 cm³/mol. The topological polar surface area (TPSA) is 92.4 Å². The van der Waals surface area contributed by atoms with E-state index in [1.54, 1.807) is 23.6 Å². The lowest BCUT2D eigenvalue weighted by Gasteiger charge is -2.15. The Kier molecular flexibility index (Phi) is 4.26. The number of amides is 1. The Balaban J connectivity index is 2.26. The van der Waals surface area contributed by atoms with Crippen molar-refractivity contribution < 1.29 is 14.7 Å². The number of aliphatic carboxylic acids is 1. The molecule has 1 amide bonds. The number of carboxylic acids is 1. The van der Waals surface area contributed by atoms with Crippen LogP contribution in [0.5, 0.6) is 0 Å². The number of carbonyl (C=O) groups is 2. The molecule has 2 rings (SSSR count). The number of nitrogens with two attached hydrogens (primary N) is 1. The van der Waals surface area contributed by atoms with Gasteiger partial charge in [-0.05, 0) is 29.6 Å². The number of primary amides is 1. The van der Waals surface area contributed by atoms with Gasteiger partial charge in [0.15, 0.2) is 6.04 Å². The summed E-state index contributed by atoms with van der Waals surface area (Å²) in [5, 5.41) is 14.1. The molecule has 5 nitrogen and oxygen atoms in total. The third-order valence-electron chi connectivity index (χ3n) is 2.62. The normalized spacial score (nSPS) is 11.8. The zero-order valence-corrected chi connectivity index (χ0v) is 11.7. The van der Waals surface area contributed by atoms with Crippen LogP contribution in [-0.4, -0.2) is 17.0 Å². The van der Waals surface area contributed by atoms with Crippen molar-refractivity contribution in [2.24, 2.45) is 5.73 Å². The molecule has 1 unspecified atom stereocenters. The number of benzene rings is 1. The molecular formula is C13H11ClN2O3S. The second-order valence-electron chi connectivity index (χ2n) is 3.99. The average Bonchev–Trinajstić information content (AvgIpc) is 2.88. The van der Waals surface area contributed by atoms with Crippen LogP contribution in [0.4, 0.5) is 5.69 Å². The van der Waals surface area contributed by atoms with Gasteiger partial charge in [0.2, 0.25) is 5.91 Å². The van der Waals surface area contributed by atoms with E-state index in [1.165, 1.54) is 23.5 Å². The summed E-state index contributed by atoms with van der Waals surface area (Å²) in [5.41, 5.74) is 5.85. The standard InChI is InChI=1S/C13H11ClN2O3S/c14-9-6-7(3-4-8(9)12(15)17)16-11(13(18)19)10-2-1-5-20-10/h1-6,11,16H,(H2,15,17)(H,18,19). The third-order valence-corrected chi connectivity index (χ3v) is 3.87. The van der Waals surface area contributed by atoms with Crippen molar-refractivity contribution >= 4 is 40.5 Å². The van der Waals surface area contributed by atoms with E-state index < -0.39 is 17.9 Å². The van der Waals surface area contributed by atoms with E-state index in [1.807, 2.05) is 0 Å². The molecule has 0 saturated carbocycles. The SMILES string of the molecule is NC(=O)c1ccc(NC(C(=O)O)c2cccs2)cc1Cl. The van der Waals surface area contributed by atoms with Crippen LogP contribution in [0.1, 0.15) is 21.3 Å². The molecule has 4 N–H and O–H groups in total. The van der Waals surface area contributed by atoms with Crippen molar-refractivity contribution in [3.05, 3.63) is 51.2 Å². The highest BCUT2D eigenvalue weighted by atomic mass is 35.5. The Morgan fingerprint density at radius 2 is 2.10 bits per heavy atom. The molecule has 0 spiro atoms. The van der Waals surface area contributed by atoms with Crippen LogP contribution in [0, 0.1) is 0 Å². The molecule has 1 aromatic carbocycles. The summed E-state index contributed by atoms with van der Waals surface area (Å²) in [6.45, 7) is 0. The van der Waals surface area contributed by atoms with Crippen molar-refractivity contribution in [1.82, 2.24) is 0 Å². The lowest BCUT2D eigenvalue weighted by molar-refractivity contribution is -0.138. The van der Waals surface area contributed by atoms with Gasteiger partial charge in [0, 0.05) is 10.6 Å². The highest BCUT2D eigenvalue weighted by molar-refractivity contribution is 7.10. The van der Waals surface area contributed by atoms with Gasteiger partial charge >= 0.3 is 5.97 Å². The van der Waals surface area contributed by atoms with Gasteiger partial charge in [-0.2, -0.15) is 0 Å². The molecule has 20 heavy (non-hydrogen) atoms. The van der Waals surface area contributed by atoms with Crippen LogP contribution in [0.3, 0.4) is 0 Å². The Hall–Kier alpha value is -2.05. The third kappa shape index (κ3) is 3.09. The first-order chi connectivity index (χ1) is 9.49. The number of halogens is 1. The minimum atomic E-state index is -0.998. The lowest BCUT2D eigenvalue weighted by atomic mass is 10.1. The van der Waals surface area contributed by atoms with Crippen LogP contribution in [0.25, 0.3) is 0 Å². The lowest BCUT2D eigenvalue weighted by Crippen LogP contribution is -2.19. The van der Waals surface area contributed by atoms with Crippen molar-refractivity contribution in [3.8, 4) is 0 Å². The van der Waals surface area contributed by atoms with Crippen molar-refractivity contribution in [3.63, 3.8) is 0 Å². The number of thiophene rings is 1. The van der Waals surface area contributed by atoms with Crippen LogP contribution in [0.2, 0.25) is 5.02 Å². The Morgan fingerprint density at radius 1 is 1.35 bits per heavy atom. The van der Waals surface area contributed by atoms with E-state index in [-0.39, 0.29) is 10.6 Å². The summed E-state index contributed by atoms with van der Waals surface area (Å²) >= 11 is 7.27. The van der Waals surface area contributed by atoms with E-state index in [4.69, 9.17) is 17.3 Å². The minimum absolute atomic E-state index is 0.179. The first-order valence-electron chi connectivity index (χ1n) is 5.61. The summed E-state index contributed by atoms with van der Waals surface area (Å²) in [5.74, 6) is -1.63. The number of hydrogen-bond acceptors (Lipinski definition) is 4. The minimum Gasteiger partial charge on any atom is -0.479 e. The van der Waals surface area contributed by atoms with E-state index >= 15 is 0 Å². The molecule has 2 aromatic rings. The molecule has 1 atom stereocenters. The predicted octanol–water partition coefficient (Wildman–Crippen LogP) is 2.74. The fourth-order valence-corrected chi connectivity index (χ4v) is 2.72. The van der Waals surface area contributed by atoms with Gasteiger partial charge in [-0.15, -0.1) is 11.3 Å². The largest absolute Gasteiger partial charge is 0.479 e. The zero-order valence-electron chi connectivity index (χ0n) is 10.2. The molecular weight excluding hydrogens is 300 g/mol. The smallest absolute Gasteiger partial charge is 0.331 e.